The zero-order valence-corrected chi connectivity index (χ0v) is 12.0. The minimum absolute atomic E-state index is 0.0253. The topological polar surface area (TPSA) is 12.0 Å². The summed E-state index contributed by atoms with van der Waals surface area (Å²) in [5.41, 5.74) is 0.413. The third-order valence-corrected chi connectivity index (χ3v) is 3.78. The molecule has 0 heterocycles. The number of rotatable bonds is 4. The fourth-order valence-corrected chi connectivity index (χ4v) is 1.63. The first-order valence-electron chi connectivity index (χ1n) is 5.16. The molecule has 90 valence electrons. The summed E-state index contributed by atoms with van der Waals surface area (Å²) in [5.74, 6) is -0.200. The van der Waals surface area contributed by atoms with Crippen molar-refractivity contribution in [3.05, 3.63) is 34.1 Å². The van der Waals surface area contributed by atoms with Crippen molar-refractivity contribution in [3.63, 3.8) is 0 Å². The maximum Gasteiger partial charge on any atom is 0.127 e. The van der Waals surface area contributed by atoms with Crippen molar-refractivity contribution in [3.8, 4) is 0 Å². The van der Waals surface area contributed by atoms with E-state index >= 15 is 0 Å². The Kier molecular flexibility index (Phi) is 4.77. The molecule has 0 saturated heterocycles. The lowest BCUT2D eigenvalue weighted by atomic mass is 10.0. The summed E-state index contributed by atoms with van der Waals surface area (Å²) in [5, 5.41) is 3.22. The fraction of sp³-hybridized carbons (Fsp3) is 0.500. The van der Waals surface area contributed by atoms with Crippen LogP contribution >= 0.6 is 27.5 Å². The van der Waals surface area contributed by atoms with Crippen molar-refractivity contribution in [1.82, 2.24) is 5.32 Å². The van der Waals surface area contributed by atoms with Crippen LogP contribution in [0.5, 0.6) is 0 Å². The maximum atomic E-state index is 13.5. The van der Waals surface area contributed by atoms with Crippen molar-refractivity contribution < 1.29 is 4.39 Å². The van der Waals surface area contributed by atoms with E-state index in [1.54, 1.807) is 12.1 Å². The number of nitrogens with one attached hydrogen (secondary N) is 1. The first-order chi connectivity index (χ1) is 7.33. The van der Waals surface area contributed by atoms with Gasteiger partial charge in [-0.1, -0.05) is 15.9 Å². The molecule has 16 heavy (non-hydrogen) atoms. The molecule has 0 fully saturated rings. The van der Waals surface area contributed by atoms with E-state index in [-0.39, 0.29) is 16.7 Å². The van der Waals surface area contributed by atoms with Crippen LogP contribution in [0.15, 0.2) is 22.7 Å². The van der Waals surface area contributed by atoms with Crippen LogP contribution < -0.4 is 5.32 Å². The summed E-state index contributed by atoms with van der Waals surface area (Å²) in [7, 11) is 0. The zero-order chi connectivity index (χ0) is 12.3. The zero-order valence-electron chi connectivity index (χ0n) is 9.65. The van der Waals surface area contributed by atoms with E-state index < -0.39 is 0 Å². The first-order valence-corrected chi connectivity index (χ1v) is 6.39. The van der Waals surface area contributed by atoms with Crippen molar-refractivity contribution in [1.29, 1.82) is 0 Å². The van der Waals surface area contributed by atoms with Crippen LogP contribution in [0.1, 0.15) is 26.3 Å². The van der Waals surface area contributed by atoms with Crippen LogP contribution in [0.4, 0.5) is 4.39 Å². The molecular formula is C12H16BrClFN. The summed E-state index contributed by atoms with van der Waals surface area (Å²) in [6, 6.07) is 4.92. The molecule has 4 heteroatoms. The molecule has 0 amide bonds. The van der Waals surface area contributed by atoms with Gasteiger partial charge in [-0.15, -0.1) is 11.6 Å². The molecule has 0 aliphatic rings. The van der Waals surface area contributed by atoms with Crippen molar-refractivity contribution in [2.24, 2.45) is 0 Å². The summed E-state index contributed by atoms with van der Waals surface area (Å²) >= 11 is 9.37. The molecular weight excluding hydrogens is 292 g/mol. The number of halogens is 3. The predicted octanol–water partition coefficient (Wildman–Crippen LogP) is 4.08. The number of hydrogen-bond acceptors (Lipinski definition) is 1. The highest BCUT2D eigenvalue weighted by Gasteiger charge is 2.23. The lowest BCUT2D eigenvalue weighted by Crippen LogP contribution is -2.45. The van der Waals surface area contributed by atoms with Gasteiger partial charge in [-0.2, -0.15) is 0 Å². The van der Waals surface area contributed by atoms with Gasteiger partial charge in [-0.25, -0.2) is 4.39 Å². The predicted molar refractivity (Wildman–Crippen MR) is 70.3 cm³/mol. The molecule has 1 unspecified atom stereocenters. The highest BCUT2D eigenvalue weighted by atomic mass is 79.9. The van der Waals surface area contributed by atoms with E-state index in [1.165, 1.54) is 6.07 Å². The van der Waals surface area contributed by atoms with E-state index in [2.05, 4.69) is 21.2 Å². The van der Waals surface area contributed by atoms with Crippen molar-refractivity contribution >= 4 is 27.5 Å². The number of benzene rings is 1. The second kappa shape index (κ2) is 5.48. The lowest BCUT2D eigenvalue weighted by Gasteiger charge is -2.29. The Morgan fingerprint density at radius 2 is 2.12 bits per heavy atom. The SMILES string of the molecule is CC(Cl)C(C)(C)NCc1cc(Br)ccc1F. The Balaban J connectivity index is 2.71. The van der Waals surface area contributed by atoms with Crippen molar-refractivity contribution in [2.75, 3.05) is 0 Å². The molecule has 1 aromatic rings. The quantitative estimate of drug-likeness (QED) is 0.826. The van der Waals surface area contributed by atoms with Gasteiger partial charge in [0, 0.05) is 27.5 Å². The smallest absolute Gasteiger partial charge is 0.127 e. The average molecular weight is 309 g/mol. The molecule has 0 aliphatic carbocycles. The van der Waals surface area contributed by atoms with Crippen LogP contribution in [0.25, 0.3) is 0 Å². The molecule has 1 nitrogen and oxygen atoms in total. The first kappa shape index (κ1) is 13.9. The average Bonchev–Trinajstić information content (AvgIpc) is 2.19. The Hall–Kier alpha value is -0.120. The molecule has 0 saturated carbocycles. The summed E-state index contributed by atoms with van der Waals surface area (Å²) in [6.07, 6.45) is 0. The van der Waals surface area contributed by atoms with E-state index in [9.17, 15) is 4.39 Å². The van der Waals surface area contributed by atoms with Gasteiger partial charge in [-0.05, 0) is 39.0 Å². The van der Waals surface area contributed by atoms with Gasteiger partial charge < -0.3 is 5.32 Å². The van der Waals surface area contributed by atoms with Crippen LogP contribution in [0, 0.1) is 5.82 Å². The van der Waals surface area contributed by atoms with E-state index in [0.717, 1.165) is 4.47 Å². The van der Waals surface area contributed by atoms with Crippen LogP contribution in [-0.4, -0.2) is 10.9 Å². The molecule has 1 rings (SSSR count). The maximum absolute atomic E-state index is 13.5. The standard InChI is InChI=1S/C12H16BrClFN/c1-8(14)12(2,3)16-7-9-6-10(13)4-5-11(9)15/h4-6,8,16H,7H2,1-3H3. The monoisotopic (exact) mass is 307 g/mol. The Morgan fingerprint density at radius 3 is 2.69 bits per heavy atom. The third kappa shape index (κ3) is 3.72. The van der Waals surface area contributed by atoms with Crippen molar-refractivity contribution in [2.45, 2.75) is 38.2 Å². The molecule has 1 N–H and O–H groups in total. The fourth-order valence-electron chi connectivity index (χ4n) is 1.14. The molecule has 1 aromatic carbocycles. The summed E-state index contributed by atoms with van der Waals surface area (Å²) in [4.78, 5) is 0. The molecule has 0 spiro atoms. The summed E-state index contributed by atoms with van der Waals surface area (Å²) < 4.78 is 14.3. The van der Waals surface area contributed by atoms with Gasteiger partial charge in [0.05, 0.1) is 0 Å². The molecule has 0 radical (unpaired) electrons. The Bertz CT molecular complexity index is 366. The van der Waals surface area contributed by atoms with E-state index in [4.69, 9.17) is 11.6 Å². The summed E-state index contributed by atoms with van der Waals surface area (Å²) in [6.45, 7) is 6.39. The molecule has 0 aliphatic heterocycles. The van der Waals surface area contributed by atoms with Gasteiger partial charge in [0.2, 0.25) is 0 Å². The molecule has 1 atom stereocenters. The minimum Gasteiger partial charge on any atom is -0.306 e. The highest BCUT2D eigenvalue weighted by Crippen LogP contribution is 2.19. The van der Waals surface area contributed by atoms with Crippen LogP contribution in [0.2, 0.25) is 0 Å². The van der Waals surface area contributed by atoms with Gasteiger partial charge in [0.15, 0.2) is 0 Å². The third-order valence-electron chi connectivity index (χ3n) is 2.74. The second-order valence-corrected chi connectivity index (χ2v) is 6.00. The molecule has 0 bridgehead atoms. The normalized spacial score (nSPS) is 13.9. The van der Waals surface area contributed by atoms with Gasteiger partial charge >= 0.3 is 0 Å². The number of hydrogen-bond donors (Lipinski definition) is 1. The largest absolute Gasteiger partial charge is 0.306 e. The minimum atomic E-state index is -0.226. The molecule has 0 aromatic heterocycles. The van der Waals surface area contributed by atoms with E-state index in [1.807, 2.05) is 20.8 Å². The highest BCUT2D eigenvalue weighted by molar-refractivity contribution is 9.10. The van der Waals surface area contributed by atoms with Crippen LogP contribution in [-0.2, 0) is 6.54 Å². The second-order valence-electron chi connectivity index (χ2n) is 4.43. The Morgan fingerprint density at radius 1 is 1.50 bits per heavy atom. The number of alkyl halides is 1. The Labute approximate surface area is 110 Å². The van der Waals surface area contributed by atoms with E-state index in [0.29, 0.717) is 12.1 Å². The van der Waals surface area contributed by atoms with Gasteiger partial charge in [0.25, 0.3) is 0 Å². The van der Waals surface area contributed by atoms with Gasteiger partial charge in [0.1, 0.15) is 5.82 Å². The lowest BCUT2D eigenvalue weighted by molar-refractivity contribution is 0.376. The van der Waals surface area contributed by atoms with Crippen LogP contribution in [0.3, 0.4) is 0 Å². The van der Waals surface area contributed by atoms with Gasteiger partial charge in [-0.3, -0.25) is 0 Å².